The largest absolute Gasteiger partial charge is 0.497 e. The lowest BCUT2D eigenvalue weighted by atomic mass is 10.0. The zero-order chi connectivity index (χ0) is 28.3. The summed E-state index contributed by atoms with van der Waals surface area (Å²) >= 11 is 1.56. The number of nitrogens with zero attached hydrogens (tertiary/aromatic N) is 1. The normalized spacial score (nSPS) is 12.6. The van der Waals surface area contributed by atoms with Crippen LogP contribution < -0.4 is 15.4 Å². The predicted molar refractivity (Wildman–Crippen MR) is 154 cm³/mol. The van der Waals surface area contributed by atoms with Crippen LogP contribution in [-0.4, -0.2) is 60.1 Å². The number of carbonyl (C=O) groups is 3. The lowest BCUT2D eigenvalue weighted by Crippen LogP contribution is -2.52. The molecule has 0 radical (unpaired) electrons. The van der Waals surface area contributed by atoms with E-state index in [0.29, 0.717) is 29.2 Å². The van der Waals surface area contributed by atoms with E-state index in [1.807, 2.05) is 37.4 Å². The average molecular weight is 542 g/mol. The second-order valence-corrected chi connectivity index (χ2v) is 10.8. The van der Waals surface area contributed by atoms with Gasteiger partial charge < -0.3 is 25.0 Å². The predicted octanol–water partition coefficient (Wildman–Crippen LogP) is 5.34. The smallest absolute Gasteiger partial charge is 0.408 e. The summed E-state index contributed by atoms with van der Waals surface area (Å²) in [6.07, 6.45) is 3.17. The average Bonchev–Trinajstić information content (AvgIpc) is 2.86. The highest BCUT2D eigenvalue weighted by Crippen LogP contribution is 2.26. The van der Waals surface area contributed by atoms with E-state index in [4.69, 9.17) is 9.47 Å². The van der Waals surface area contributed by atoms with Gasteiger partial charge >= 0.3 is 6.09 Å². The molecule has 2 aromatic rings. The maximum atomic E-state index is 14.0. The summed E-state index contributed by atoms with van der Waals surface area (Å²) in [6, 6.07) is 12.5. The van der Waals surface area contributed by atoms with Crippen LogP contribution >= 0.6 is 11.8 Å². The molecule has 206 valence electrons. The van der Waals surface area contributed by atoms with E-state index in [9.17, 15) is 14.4 Å². The molecule has 0 saturated carbocycles. The number of amides is 3. The van der Waals surface area contributed by atoms with Crippen LogP contribution in [0.1, 0.15) is 44.4 Å². The molecule has 38 heavy (non-hydrogen) atoms. The van der Waals surface area contributed by atoms with E-state index in [-0.39, 0.29) is 6.54 Å². The quantitative estimate of drug-likeness (QED) is 0.352. The fourth-order valence-corrected chi connectivity index (χ4v) is 4.18. The minimum absolute atomic E-state index is 0.0964. The molecule has 0 fully saturated rings. The number of rotatable bonds is 12. The Kier molecular flexibility index (Phi) is 11.7. The molecule has 0 spiro atoms. The second-order valence-electron chi connectivity index (χ2n) is 9.79. The molecule has 8 nitrogen and oxygen atoms in total. The summed E-state index contributed by atoms with van der Waals surface area (Å²) in [6.45, 7) is 11.1. The van der Waals surface area contributed by atoms with Gasteiger partial charge in [0.1, 0.15) is 23.4 Å². The highest BCUT2D eigenvalue weighted by atomic mass is 32.2. The molecule has 0 aromatic heterocycles. The van der Waals surface area contributed by atoms with Crippen molar-refractivity contribution in [1.82, 2.24) is 10.2 Å². The zero-order valence-electron chi connectivity index (χ0n) is 23.1. The molecule has 9 heteroatoms. The number of carbonyl (C=O) groups excluding carboxylic acids is 3. The molecule has 2 atom stereocenters. The van der Waals surface area contributed by atoms with Gasteiger partial charge in [-0.3, -0.25) is 9.59 Å². The van der Waals surface area contributed by atoms with Crippen LogP contribution in [0, 0.1) is 6.92 Å². The van der Waals surface area contributed by atoms with Gasteiger partial charge in [0.15, 0.2) is 0 Å². The third-order valence-corrected chi connectivity index (χ3v) is 6.16. The molecule has 2 unspecified atom stereocenters. The number of alkyl carbamates (subject to hydrolysis) is 1. The van der Waals surface area contributed by atoms with Gasteiger partial charge in [-0.25, -0.2) is 4.79 Å². The monoisotopic (exact) mass is 541 g/mol. The van der Waals surface area contributed by atoms with Gasteiger partial charge in [-0.15, -0.1) is 6.58 Å². The van der Waals surface area contributed by atoms with Crippen molar-refractivity contribution in [3.63, 3.8) is 0 Å². The van der Waals surface area contributed by atoms with E-state index in [2.05, 4.69) is 17.2 Å². The van der Waals surface area contributed by atoms with Gasteiger partial charge in [-0.1, -0.05) is 35.9 Å². The SMILES string of the molecule is C=CCN(C(=O)C(CCSC)NC(=O)OC(C)(C)C)C(C(=O)Nc1ccc(OC)cc1)c1ccc(C)cc1. The lowest BCUT2D eigenvalue weighted by Gasteiger charge is -2.34. The maximum Gasteiger partial charge on any atom is 0.408 e. The number of ether oxygens (including phenoxy) is 2. The Morgan fingerprint density at radius 2 is 1.71 bits per heavy atom. The lowest BCUT2D eigenvalue weighted by molar-refractivity contribution is -0.140. The van der Waals surface area contributed by atoms with Crippen molar-refractivity contribution in [1.29, 1.82) is 0 Å². The minimum Gasteiger partial charge on any atom is -0.497 e. The molecule has 0 heterocycles. The third kappa shape index (κ3) is 9.45. The molecule has 3 amide bonds. The maximum absolute atomic E-state index is 14.0. The molecule has 0 bridgehead atoms. The molecular formula is C29H39N3O5S. The molecule has 0 aliphatic carbocycles. The first kappa shape index (κ1) is 30.8. The van der Waals surface area contributed by atoms with Crippen molar-refractivity contribution in [3.8, 4) is 5.75 Å². The molecule has 0 aliphatic rings. The van der Waals surface area contributed by atoms with Gasteiger partial charge in [0, 0.05) is 12.2 Å². The summed E-state index contributed by atoms with van der Waals surface area (Å²) in [5.41, 5.74) is 1.50. The van der Waals surface area contributed by atoms with Crippen molar-refractivity contribution >= 4 is 35.4 Å². The Labute approximate surface area is 230 Å². The van der Waals surface area contributed by atoms with Gasteiger partial charge in [0.05, 0.1) is 7.11 Å². The van der Waals surface area contributed by atoms with Gasteiger partial charge in [-0.05, 0) is 76.0 Å². The number of hydrogen-bond acceptors (Lipinski definition) is 6. The van der Waals surface area contributed by atoms with Crippen LogP contribution in [0.4, 0.5) is 10.5 Å². The summed E-state index contributed by atoms with van der Waals surface area (Å²) in [5, 5.41) is 5.63. The second kappa shape index (κ2) is 14.5. The first-order valence-corrected chi connectivity index (χ1v) is 13.8. The molecule has 2 N–H and O–H groups in total. The number of anilines is 1. The van der Waals surface area contributed by atoms with E-state index in [0.717, 1.165) is 5.56 Å². The Morgan fingerprint density at radius 3 is 2.24 bits per heavy atom. The number of nitrogens with one attached hydrogen (secondary N) is 2. The number of benzene rings is 2. The molecule has 0 aliphatic heterocycles. The number of hydrogen-bond donors (Lipinski definition) is 2. The standard InChI is InChI=1S/C29H39N3O5S/c1-8-18-32(27(34)24(17-19-38-7)31-28(35)37-29(3,4)5)25(21-11-9-20(2)10-12-21)26(33)30-22-13-15-23(36-6)16-14-22/h8-16,24-25H,1,17-19H2,2-7H3,(H,30,33)(H,31,35). The number of methoxy groups -OCH3 is 1. The Hall–Kier alpha value is -3.46. The Bertz CT molecular complexity index is 1080. The van der Waals surface area contributed by atoms with Crippen molar-refractivity contribution in [2.45, 2.75) is 51.8 Å². The van der Waals surface area contributed by atoms with Crippen molar-refractivity contribution in [3.05, 3.63) is 72.3 Å². The highest BCUT2D eigenvalue weighted by Gasteiger charge is 2.35. The highest BCUT2D eigenvalue weighted by molar-refractivity contribution is 7.98. The van der Waals surface area contributed by atoms with Crippen LogP contribution in [0.5, 0.6) is 5.75 Å². The molecule has 0 saturated heterocycles. The third-order valence-electron chi connectivity index (χ3n) is 5.52. The van der Waals surface area contributed by atoms with Gasteiger partial charge in [0.25, 0.3) is 5.91 Å². The molecular weight excluding hydrogens is 502 g/mol. The van der Waals surface area contributed by atoms with Crippen LogP contribution in [-0.2, 0) is 14.3 Å². The van der Waals surface area contributed by atoms with Gasteiger partial charge in [-0.2, -0.15) is 11.8 Å². The number of aryl methyl sites for hydroxylation is 1. The van der Waals surface area contributed by atoms with Crippen LogP contribution in [0.3, 0.4) is 0 Å². The summed E-state index contributed by atoms with van der Waals surface area (Å²) in [5.74, 6) is 0.489. The van der Waals surface area contributed by atoms with E-state index < -0.39 is 35.6 Å². The summed E-state index contributed by atoms with van der Waals surface area (Å²) < 4.78 is 10.6. The minimum atomic E-state index is -0.972. The van der Waals surface area contributed by atoms with E-state index >= 15 is 0 Å². The van der Waals surface area contributed by atoms with E-state index in [1.165, 1.54) is 4.90 Å². The topological polar surface area (TPSA) is 97.0 Å². The van der Waals surface area contributed by atoms with Crippen LogP contribution in [0.25, 0.3) is 0 Å². The van der Waals surface area contributed by atoms with Crippen molar-refractivity contribution in [2.24, 2.45) is 0 Å². The van der Waals surface area contributed by atoms with Crippen molar-refractivity contribution in [2.75, 3.05) is 31.0 Å². The van der Waals surface area contributed by atoms with Crippen LogP contribution in [0.15, 0.2) is 61.2 Å². The number of thioether (sulfide) groups is 1. The first-order chi connectivity index (χ1) is 18.0. The zero-order valence-corrected chi connectivity index (χ0v) is 23.9. The first-order valence-electron chi connectivity index (χ1n) is 12.4. The van der Waals surface area contributed by atoms with E-state index in [1.54, 1.807) is 70.0 Å². The summed E-state index contributed by atoms with van der Waals surface area (Å²) in [4.78, 5) is 41.7. The Morgan fingerprint density at radius 1 is 1.08 bits per heavy atom. The molecule has 2 aromatic carbocycles. The fraction of sp³-hybridized carbons (Fsp3) is 0.414. The Balaban J connectivity index is 2.45. The molecule has 2 rings (SSSR count). The van der Waals surface area contributed by atoms with Crippen LogP contribution in [0.2, 0.25) is 0 Å². The van der Waals surface area contributed by atoms with Crippen molar-refractivity contribution < 1.29 is 23.9 Å². The summed E-state index contributed by atoms with van der Waals surface area (Å²) in [7, 11) is 1.57. The van der Waals surface area contributed by atoms with Gasteiger partial charge in [0.2, 0.25) is 5.91 Å². The fourth-order valence-electron chi connectivity index (χ4n) is 3.71.